The molecule has 1 aliphatic rings. The Labute approximate surface area is 97.1 Å². The van der Waals surface area contributed by atoms with Crippen LogP contribution in [0, 0.1) is 0 Å². The van der Waals surface area contributed by atoms with E-state index in [0.717, 1.165) is 6.54 Å². The second-order valence-corrected chi connectivity index (χ2v) is 4.53. The molecule has 0 spiro atoms. The number of Topliss-reactive ketones (excluding diaryl/α,β-unsaturated/α-hetero) is 1. The Kier molecular flexibility index (Phi) is 3.73. The van der Waals surface area contributed by atoms with E-state index in [9.17, 15) is 4.79 Å². The summed E-state index contributed by atoms with van der Waals surface area (Å²) < 4.78 is 0. The van der Waals surface area contributed by atoms with E-state index in [1.807, 2.05) is 7.05 Å². The molecule has 0 heterocycles. The van der Waals surface area contributed by atoms with Crippen LogP contribution in [0.5, 0.6) is 0 Å². The molecule has 1 N–H and O–H groups in total. The summed E-state index contributed by atoms with van der Waals surface area (Å²) in [7, 11) is 1.88. The van der Waals surface area contributed by atoms with Crippen LogP contribution in [-0.4, -0.2) is 19.4 Å². The number of carbonyl (C=O) groups is 1. The van der Waals surface area contributed by atoms with E-state index in [4.69, 9.17) is 0 Å². The average molecular weight is 217 g/mol. The summed E-state index contributed by atoms with van der Waals surface area (Å²) in [5, 5.41) is 3.01. The molecule has 2 rings (SSSR count). The summed E-state index contributed by atoms with van der Waals surface area (Å²) in [6.45, 7) is 0.782. The lowest BCUT2D eigenvalue weighted by Crippen LogP contribution is -2.14. The number of hydrogen-bond acceptors (Lipinski definition) is 2. The molecule has 0 saturated carbocycles. The number of rotatable bonds is 5. The van der Waals surface area contributed by atoms with Crippen LogP contribution >= 0.6 is 0 Å². The van der Waals surface area contributed by atoms with Gasteiger partial charge in [0.05, 0.1) is 0 Å². The Balaban J connectivity index is 1.97. The molecule has 2 heteroatoms. The molecule has 16 heavy (non-hydrogen) atoms. The van der Waals surface area contributed by atoms with Gasteiger partial charge in [0.25, 0.3) is 0 Å². The van der Waals surface area contributed by atoms with Crippen molar-refractivity contribution in [3.05, 3.63) is 34.9 Å². The Morgan fingerprint density at radius 2 is 2.12 bits per heavy atom. The van der Waals surface area contributed by atoms with E-state index in [1.165, 1.54) is 36.0 Å². The molecule has 86 valence electrons. The van der Waals surface area contributed by atoms with Crippen molar-refractivity contribution in [2.45, 2.75) is 32.1 Å². The predicted octanol–water partition coefficient (Wildman–Crippen LogP) is 1.90. The Morgan fingerprint density at radius 3 is 2.94 bits per heavy atom. The fourth-order valence-corrected chi connectivity index (χ4v) is 2.32. The van der Waals surface area contributed by atoms with Crippen LogP contribution in [0.15, 0.2) is 18.2 Å². The lowest BCUT2D eigenvalue weighted by molar-refractivity contribution is -0.118. The van der Waals surface area contributed by atoms with Crippen molar-refractivity contribution in [3.8, 4) is 0 Å². The van der Waals surface area contributed by atoms with Gasteiger partial charge in [-0.1, -0.05) is 18.2 Å². The molecular formula is C14H19NO. The summed E-state index contributed by atoms with van der Waals surface area (Å²) in [5.74, 6) is 0.326. The number of nitrogens with one attached hydrogen (secondary N) is 1. The maximum Gasteiger partial charge on any atom is 0.138 e. The zero-order chi connectivity index (χ0) is 11.4. The normalized spacial score (nSPS) is 13.8. The molecule has 0 fully saturated rings. The molecule has 0 aliphatic heterocycles. The maximum atomic E-state index is 11.6. The van der Waals surface area contributed by atoms with Gasteiger partial charge in [-0.25, -0.2) is 0 Å². The number of fused-ring (bicyclic) bond motifs is 1. The average Bonchev–Trinajstić information content (AvgIpc) is 2.73. The van der Waals surface area contributed by atoms with E-state index in [0.29, 0.717) is 18.6 Å². The summed E-state index contributed by atoms with van der Waals surface area (Å²) in [6, 6.07) is 6.53. The smallest absolute Gasteiger partial charge is 0.138 e. The molecule has 0 saturated heterocycles. The summed E-state index contributed by atoms with van der Waals surface area (Å²) in [6.07, 6.45) is 4.90. The van der Waals surface area contributed by atoms with Crippen LogP contribution in [0.2, 0.25) is 0 Å². The molecule has 0 atom stereocenters. The van der Waals surface area contributed by atoms with Crippen LogP contribution in [0.3, 0.4) is 0 Å². The fraction of sp³-hybridized carbons (Fsp3) is 0.500. The minimum atomic E-state index is 0.326. The topological polar surface area (TPSA) is 29.1 Å². The summed E-state index contributed by atoms with van der Waals surface area (Å²) in [5.41, 5.74) is 4.12. The van der Waals surface area contributed by atoms with Crippen molar-refractivity contribution >= 4 is 5.78 Å². The minimum absolute atomic E-state index is 0.326. The first kappa shape index (κ1) is 11.3. The molecule has 1 aromatic carbocycles. The first-order chi connectivity index (χ1) is 7.79. The molecule has 0 unspecified atom stereocenters. The van der Waals surface area contributed by atoms with Crippen molar-refractivity contribution in [1.29, 1.82) is 0 Å². The van der Waals surface area contributed by atoms with Crippen LogP contribution in [0.25, 0.3) is 0 Å². The molecule has 0 amide bonds. The van der Waals surface area contributed by atoms with Gasteiger partial charge >= 0.3 is 0 Å². The minimum Gasteiger partial charge on any atom is -0.319 e. The van der Waals surface area contributed by atoms with Gasteiger partial charge in [-0.3, -0.25) is 4.79 Å². The predicted molar refractivity (Wildman–Crippen MR) is 65.7 cm³/mol. The monoisotopic (exact) mass is 217 g/mol. The zero-order valence-corrected chi connectivity index (χ0v) is 9.88. The quantitative estimate of drug-likeness (QED) is 0.816. The Bertz CT molecular complexity index is 384. The highest BCUT2D eigenvalue weighted by molar-refractivity contribution is 5.81. The van der Waals surface area contributed by atoms with E-state index in [1.54, 1.807) is 0 Å². The van der Waals surface area contributed by atoms with Gasteiger partial charge in [-0.05, 0) is 43.0 Å². The molecule has 1 aromatic rings. The standard InChI is InChI=1S/C14H19NO/c1-15-8-7-14(16)10-11-5-6-12-3-2-4-13(12)9-11/h5-6,9,15H,2-4,7-8,10H2,1H3. The molecule has 0 bridgehead atoms. The Morgan fingerprint density at radius 1 is 1.31 bits per heavy atom. The van der Waals surface area contributed by atoms with Gasteiger partial charge in [-0.15, -0.1) is 0 Å². The van der Waals surface area contributed by atoms with Crippen LogP contribution in [0.4, 0.5) is 0 Å². The van der Waals surface area contributed by atoms with Gasteiger partial charge in [-0.2, -0.15) is 0 Å². The van der Waals surface area contributed by atoms with Gasteiger partial charge in [0, 0.05) is 19.4 Å². The number of ketones is 1. The first-order valence-corrected chi connectivity index (χ1v) is 6.06. The molecule has 0 radical (unpaired) electrons. The largest absolute Gasteiger partial charge is 0.319 e. The van der Waals surface area contributed by atoms with Gasteiger partial charge in [0.1, 0.15) is 5.78 Å². The zero-order valence-electron chi connectivity index (χ0n) is 9.88. The van der Waals surface area contributed by atoms with E-state index in [2.05, 4.69) is 23.5 Å². The lowest BCUT2D eigenvalue weighted by atomic mass is 10.0. The van der Waals surface area contributed by atoms with Crippen LogP contribution in [0.1, 0.15) is 29.5 Å². The summed E-state index contributed by atoms with van der Waals surface area (Å²) >= 11 is 0. The molecule has 0 aromatic heterocycles. The van der Waals surface area contributed by atoms with E-state index in [-0.39, 0.29) is 0 Å². The highest BCUT2D eigenvalue weighted by Gasteiger charge is 2.11. The second-order valence-electron chi connectivity index (χ2n) is 4.53. The fourth-order valence-electron chi connectivity index (χ4n) is 2.32. The second kappa shape index (κ2) is 5.26. The third-order valence-electron chi connectivity index (χ3n) is 3.22. The molecular weight excluding hydrogens is 198 g/mol. The van der Waals surface area contributed by atoms with Gasteiger partial charge in [0.2, 0.25) is 0 Å². The van der Waals surface area contributed by atoms with Crippen molar-refractivity contribution in [1.82, 2.24) is 5.32 Å². The van der Waals surface area contributed by atoms with Crippen molar-refractivity contribution < 1.29 is 4.79 Å². The molecule has 1 aliphatic carbocycles. The number of benzene rings is 1. The number of aryl methyl sites for hydroxylation is 2. The van der Waals surface area contributed by atoms with Crippen molar-refractivity contribution in [3.63, 3.8) is 0 Å². The van der Waals surface area contributed by atoms with Crippen LogP contribution in [-0.2, 0) is 24.1 Å². The first-order valence-electron chi connectivity index (χ1n) is 6.06. The van der Waals surface area contributed by atoms with E-state index >= 15 is 0 Å². The molecule has 2 nitrogen and oxygen atoms in total. The van der Waals surface area contributed by atoms with Crippen LogP contribution < -0.4 is 5.32 Å². The third-order valence-corrected chi connectivity index (χ3v) is 3.22. The van der Waals surface area contributed by atoms with Crippen molar-refractivity contribution in [2.75, 3.05) is 13.6 Å². The van der Waals surface area contributed by atoms with E-state index < -0.39 is 0 Å². The highest BCUT2D eigenvalue weighted by atomic mass is 16.1. The van der Waals surface area contributed by atoms with Gasteiger partial charge in [0.15, 0.2) is 0 Å². The summed E-state index contributed by atoms with van der Waals surface area (Å²) in [4.78, 5) is 11.6. The Hall–Kier alpha value is -1.15. The number of hydrogen-bond donors (Lipinski definition) is 1. The highest BCUT2D eigenvalue weighted by Crippen LogP contribution is 2.23. The lowest BCUT2D eigenvalue weighted by Gasteiger charge is -2.04. The SMILES string of the molecule is CNCCC(=O)Cc1ccc2c(c1)CCC2. The van der Waals surface area contributed by atoms with Crippen molar-refractivity contribution in [2.24, 2.45) is 0 Å². The van der Waals surface area contributed by atoms with Gasteiger partial charge < -0.3 is 5.32 Å². The maximum absolute atomic E-state index is 11.6. The third kappa shape index (κ3) is 2.70. The number of carbonyl (C=O) groups excluding carboxylic acids is 1.